The number of hydrogen-bond acceptors (Lipinski definition) is 0. The van der Waals surface area contributed by atoms with Gasteiger partial charge in [-0.2, -0.15) is 0 Å². The van der Waals surface area contributed by atoms with Crippen molar-refractivity contribution in [3.05, 3.63) is 69.9 Å². The second kappa shape index (κ2) is 4.96. The molecule has 0 atom stereocenters. The second-order valence-electron chi connectivity index (χ2n) is 3.24. The van der Waals surface area contributed by atoms with Crippen LogP contribution in [0.1, 0.15) is 11.1 Å². The van der Waals surface area contributed by atoms with E-state index in [1.54, 1.807) is 12.1 Å². The van der Waals surface area contributed by atoms with Crippen LogP contribution in [0.3, 0.4) is 0 Å². The maximum atomic E-state index is 13.3. The van der Waals surface area contributed by atoms with E-state index in [2.05, 4.69) is 27.8 Å². The highest BCUT2D eigenvalue weighted by atomic mass is 79.9. The van der Waals surface area contributed by atoms with Crippen molar-refractivity contribution in [1.29, 1.82) is 0 Å². The Kier molecular flexibility index (Phi) is 3.38. The largest absolute Gasteiger partial charge is 0.206 e. The van der Waals surface area contributed by atoms with Crippen molar-refractivity contribution in [1.82, 2.24) is 0 Å². The molecular weight excluding hydrogens is 267 g/mol. The third-order valence-electron chi connectivity index (χ3n) is 2.04. The molecule has 0 saturated heterocycles. The third-order valence-corrected chi connectivity index (χ3v) is 2.54. The average Bonchev–Trinajstić information content (AvgIpc) is 2.32. The lowest BCUT2D eigenvalue weighted by molar-refractivity contribution is 0.624. The van der Waals surface area contributed by atoms with Gasteiger partial charge in [0.2, 0.25) is 0 Å². The van der Waals surface area contributed by atoms with E-state index in [1.807, 2.05) is 30.3 Å². The summed E-state index contributed by atoms with van der Waals surface area (Å²) in [6, 6.07) is 14.2. The van der Waals surface area contributed by atoms with Gasteiger partial charge in [0, 0.05) is 10.0 Å². The molecule has 0 aromatic heterocycles. The van der Waals surface area contributed by atoms with Gasteiger partial charge in [-0.1, -0.05) is 46.0 Å². The van der Waals surface area contributed by atoms with E-state index < -0.39 is 0 Å². The van der Waals surface area contributed by atoms with Gasteiger partial charge in [-0.25, -0.2) is 4.39 Å². The molecule has 0 unspecified atom stereocenters. The maximum absolute atomic E-state index is 13.3. The van der Waals surface area contributed by atoms with Crippen LogP contribution in [0.4, 0.5) is 4.39 Å². The van der Waals surface area contributed by atoms with Crippen molar-refractivity contribution < 1.29 is 4.39 Å². The molecule has 2 aromatic rings. The summed E-state index contributed by atoms with van der Waals surface area (Å²) in [5.41, 5.74) is 1.28. The van der Waals surface area contributed by atoms with Gasteiger partial charge in [0.25, 0.3) is 0 Å². The lowest BCUT2D eigenvalue weighted by Gasteiger charge is -1.94. The predicted octanol–water partition coefficient (Wildman–Crippen LogP) is 3.99. The summed E-state index contributed by atoms with van der Waals surface area (Å²) in [6.45, 7) is 0. The van der Waals surface area contributed by atoms with Crippen molar-refractivity contribution in [2.75, 3.05) is 0 Å². The van der Waals surface area contributed by atoms with Crippen LogP contribution in [-0.2, 0) is 0 Å². The molecule has 2 heteroatoms. The molecular formula is C14H8BrF. The number of halogens is 2. The Morgan fingerprint density at radius 3 is 2.44 bits per heavy atom. The second-order valence-corrected chi connectivity index (χ2v) is 4.16. The van der Waals surface area contributed by atoms with Gasteiger partial charge in [0.05, 0.1) is 5.56 Å². The fraction of sp³-hybridized carbons (Fsp3) is 0. The molecule has 0 aliphatic rings. The molecule has 0 nitrogen and oxygen atoms in total. The van der Waals surface area contributed by atoms with Gasteiger partial charge in [-0.3, -0.25) is 0 Å². The van der Waals surface area contributed by atoms with Crippen LogP contribution < -0.4 is 0 Å². The summed E-state index contributed by atoms with van der Waals surface area (Å²) in [6.07, 6.45) is 0. The fourth-order valence-electron chi connectivity index (χ4n) is 1.25. The van der Waals surface area contributed by atoms with Crippen molar-refractivity contribution in [3.63, 3.8) is 0 Å². The zero-order valence-corrected chi connectivity index (χ0v) is 9.96. The lowest BCUT2D eigenvalue weighted by atomic mass is 10.2. The summed E-state index contributed by atoms with van der Waals surface area (Å²) < 4.78 is 14.2. The predicted molar refractivity (Wildman–Crippen MR) is 66.5 cm³/mol. The van der Waals surface area contributed by atoms with Crippen molar-refractivity contribution in [3.8, 4) is 11.8 Å². The minimum Gasteiger partial charge on any atom is -0.206 e. The first-order chi connectivity index (χ1) is 7.75. The fourth-order valence-corrected chi connectivity index (χ4v) is 1.62. The van der Waals surface area contributed by atoms with Crippen LogP contribution in [0.5, 0.6) is 0 Å². The van der Waals surface area contributed by atoms with Crippen LogP contribution in [-0.4, -0.2) is 0 Å². The van der Waals surface area contributed by atoms with Crippen LogP contribution in [0.25, 0.3) is 0 Å². The van der Waals surface area contributed by atoms with E-state index in [4.69, 9.17) is 0 Å². The highest BCUT2D eigenvalue weighted by Crippen LogP contribution is 2.14. The highest BCUT2D eigenvalue weighted by Gasteiger charge is 1.98. The first-order valence-corrected chi connectivity index (χ1v) is 5.57. The van der Waals surface area contributed by atoms with E-state index in [-0.39, 0.29) is 5.82 Å². The third kappa shape index (κ3) is 2.71. The van der Waals surface area contributed by atoms with Crippen LogP contribution in [0.15, 0.2) is 53.0 Å². The number of hydrogen-bond donors (Lipinski definition) is 0. The first-order valence-electron chi connectivity index (χ1n) is 4.78. The van der Waals surface area contributed by atoms with Crippen LogP contribution in [0.2, 0.25) is 0 Å². The molecule has 0 spiro atoms. The van der Waals surface area contributed by atoms with Gasteiger partial charge >= 0.3 is 0 Å². The minimum atomic E-state index is -0.299. The summed E-state index contributed by atoms with van der Waals surface area (Å²) in [4.78, 5) is 0. The molecule has 16 heavy (non-hydrogen) atoms. The molecule has 0 aliphatic heterocycles. The standard InChI is InChI=1S/C14H8BrF/c15-13-8-9-14(16)12(10-13)7-6-11-4-2-1-3-5-11/h1-5,8-10H. The van der Waals surface area contributed by atoms with Gasteiger partial charge in [0.1, 0.15) is 5.82 Å². The van der Waals surface area contributed by atoms with Crippen LogP contribution >= 0.6 is 15.9 Å². The summed E-state index contributed by atoms with van der Waals surface area (Å²) in [7, 11) is 0. The Morgan fingerprint density at radius 2 is 1.69 bits per heavy atom. The Balaban J connectivity index is 2.34. The molecule has 2 aromatic carbocycles. The van der Waals surface area contributed by atoms with Gasteiger partial charge in [0.15, 0.2) is 0 Å². The Labute approximate surface area is 102 Å². The molecule has 0 bridgehead atoms. The van der Waals surface area contributed by atoms with E-state index >= 15 is 0 Å². The molecule has 0 radical (unpaired) electrons. The van der Waals surface area contributed by atoms with E-state index in [9.17, 15) is 4.39 Å². The zero-order chi connectivity index (χ0) is 11.4. The Morgan fingerprint density at radius 1 is 0.938 bits per heavy atom. The van der Waals surface area contributed by atoms with E-state index in [0.717, 1.165) is 10.0 Å². The highest BCUT2D eigenvalue weighted by molar-refractivity contribution is 9.10. The maximum Gasteiger partial charge on any atom is 0.138 e. The lowest BCUT2D eigenvalue weighted by Crippen LogP contribution is -1.83. The molecule has 78 valence electrons. The summed E-state index contributed by atoms with van der Waals surface area (Å²) in [5, 5.41) is 0. The molecule has 0 heterocycles. The molecule has 2 rings (SSSR count). The zero-order valence-electron chi connectivity index (χ0n) is 8.37. The van der Waals surface area contributed by atoms with Crippen molar-refractivity contribution in [2.45, 2.75) is 0 Å². The van der Waals surface area contributed by atoms with E-state index in [1.165, 1.54) is 6.07 Å². The first kappa shape index (κ1) is 10.9. The molecule has 0 saturated carbocycles. The Hall–Kier alpha value is -1.59. The number of benzene rings is 2. The van der Waals surface area contributed by atoms with Gasteiger partial charge in [-0.15, -0.1) is 0 Å². The van der Waals surface area contributed by atoms with E-state index in [0.29, 0.717) is 5.56 Å². The SMILES string of the molecule is Fc1ccc(Br)cc1C#Cc1ccccc1. The quantitative estimate of drug-likeness (QED) is 0.638. The smallest absolute Gasteiger partial charge is 0.138 e. The topological polar surface area (TPSA) is 0 Å². The average molecular weight is 275 g/mol. The van der Waals surface area contributed by atoms with Crippen molar-refractivity contribution >= 4 is 15.9 Å². The molecule has 0 aliphatic carbocycles. The number of rotatable bonds is 0. The van der Waals surface area contributed by atoms with Gasteiger partial charge in [-0.05, 0) is 30.3 Å². The molecule has 0 fully saturated rings. The van der Waals surface area contributed by atoms with Crippen LogP contribution in [0, 0.1) is 17.7 Å². The minimum absolute atomic E-state index is 0.299. The normalized spacial score (nSPS) is 9.38. The molecule has 0 N–H and O–H groups in total. The van der Waals surface area contributed by atoms with Gasteiger partial charge < -0.3 is 0 Å². The summed E-state index contributed by atoms with van der Waals surface area (Å²) >= 11 is 3.29. The summed E-state index contributed by atoms with van der Waals surface area (Å²) in [5.74, 6) is 5.43. The van der Waals surface area contributed by atoms with Crippen molar-refractivity contribution in [2.24, 2.45) is 0 Å². The monoisotopic (exact) mass is 274 g/mol. The molecule has 0 amide bonds. The Bertz CT molecular complexity index is 550.